The summed E-state index contributed by atoms with van der Waals surface area (Å²) >= 11 is 5.73. The summed E-state index contributed by atoms with van der Waals surface area (Å²) in [6.45, 7) is 1.61. The number of hydrogen-bond acceptors (Lipinski definition) is 4. The molecule has 0 aliphatic carbocycles. The molecule has 0 aliphatic rings. The van der Waals surface area contributed by atoms with E-state index in [1.54, 1.807) is 25.1 Å². The van der Waals surface area contributed by atoms with Gasteiger partial charge >= 0.3 is 0 Å². The fourth-order valence-corrected chi connectivity index (χ4v) is 2.52. The first kappa shape index (κ1) is 19.3. The topological polar surface area (TPSA) is 75.0 Å². The molecule has 0 atom stereocenters. The van der Waals surface area contributed by atoms with Gasteiger partial charge in [0.25, 0.3) is 5.91 Å². The second kappa shape index (κ2) is 8.03. The fourth-order valence-electron chi connectivity index (χ4n) is 2.39. The van der Waals surface area contributed by atoms with Gasteiger partial charge in [-0.25, -0.2) is 8.78 Å². The Hall–Kier alpha value is -3.50. The lowest BCUT2D eigenvalue weighted by Gasteiger charge is -2.13. The smallest absolute Gasteiger partial charge is 0.261 e. The van der Waals surface area contributed by atoms with Crippen molar-refractivity contribution in [3.63, 3.8) is 0 Å². The quantitative estimate of drug-likeness (QED) is 0.609. The number of amides is 1. The monoisotopic (exact) mass is 399 g/mol. The maximum Gasteiger partial charge on any atom is 0.261 e. The summed E-state index contributed by atoms with van der Waals surface area (Å²) in [5.74, 6) is -2.08. The number of nitrogens with zero attached hydrogens (tertiary/aromatic N) is 2. The molecular formula is C20H12ClF2N3O2. The highest BCUT2D eigenvalue weighted by atomic mass is 35.5. The SMILES string of the molecule is Cc1cc(F)ccc1Oc1nc(Cl)c(F)cc1C(=O)Nc1cccc(C#N)c1. The molecule has 0 radical (unpaired) electrons. The summed E-state index contributed by atoms with van der Waals surface area (Å²) in [5.41, 5.74) is 0.920. The lowest BCUT2D eigenvalue weighted by atomic mass is 10.2. The van der Waals surface area contributed by atoms with Crippen LogP contribution in [0.2, 0.25) is 5.15 Å². The number of aromatic nitrogens is 1. The van der Waals surface area contributed by atoms with E-state index in [4.69, 9.17) is 21.6 Å². The van der Waals surface area contributed by atoms with E-state index in [0.29, 0.717) is 16.8 Å². The molecule has 0 saturated carbocycles. The van der Waals surface area contributed by atoms with E-state index in [1.165, 1.54) is 24.3 Å². The predicted molar refractivity (Wildman–Crippen MR) is 99.5 cm³/mol. The van der Waals surface area contributed by atoms with Crippen LogP contribution in [-0.2, 0) is 0 Å². The van der Waals surface area contributed by atoms with Gasteiger partial charge < -0.3 is 10.1 Å². The molecule has 0 fully saturated rings. The van der Waals surface area contributed by atoms with Crippen LogP contribution in [0.25, 0.3) is 0 Å². The Balaban J connectivity index is 1.96. The third-order valence-electron chi connectivity index (χ3n) is 3.74. The highest BCUT2D eigenvalue weighted by Crippen LogP contribution is 2.30. The number of anilines is 1. The van der Waals surface area contributed by atoms with Gasteiger partial charge in [0.15, 0.2) is 11.0 Å². The number of hydrogen-bond donors (Lipinski definition) is 1. The number of carbonyl (C=O) groups is 1. The Labute approximate surface area is 164 Å². The van der Waals surface area contributed by atoms with Crippen molar-refractivity contribution in [3.05, 3.63) is 82.0 Å². The molecule has 140 valence electrons. The molecule has 2 aromatic carbocycles. The highest BCUT2D eigenvalue weighted by Gasteiger charge is 2.20. The first-order valence-corrected chi connectivity index (χ1v) is 8.36. The molecule has 0 bridgehead atoms. The zero-order chi connectivity index (χ0) is 20.3. The van der Waals surface area contributed by atoms with Gasteiger partial charge in [-0.3, -0.25) is 4.79 Å². The molecule has 3 aromatic rings. The maximum atomic E-state index is 13.9. The van der Waals surface area contributed by atoms with Gasteiger partial charge in [-0.05, 0) is 55.0 Å². The molecule has 3 rings (SSSR count). The Morgan fingerprint density at radius 2 is 2.00 bits per heavy atom. The van der Waals surface area contributed by atoms with Crippen LogP contribution in [0.1, 0.15) is 21.5 Å². The number of nitriles is 1. The van der Waals surface area contributed by atoms with Crippen molar-refractivity contribution in [2.75, 3.05) is 5.32 Å². The minimum Gasteiger partial charge on any atom is -0.438 e. The maximum absolute atomic E-state index is 13.9. The molecular weight excluding hydrogens is 388 g/mol. The van der Waals surface area contributed by atoms with Crippen LogP contribution in [-0.4, -0.2) is 10.9 Å². The predicted octanol–water partition coefficient (Wildman–Crippen LogP) is 5.24. The van der Waals surface area contributed by atoms with E-state index in [-0.39, 0.29) is 17.2 Å². The molecule has 1 N–H and O–H groups in total. The second-order valence-electron chi connectivity index (χ2n) is 5.77. The summed E-state index contributed by atoms with van der Waals surface area (Å²) in [5, 5.41) is 11.0. The third kappa shape index (κ3) is 4.24. The Kier molecular flexibility index (Phi) is 5.52. The van der Waals surface area contributed by atoms with Crippen LogP contribution in [0.15, 0.2) is 48.5 Å². The van der Waals surface area contributed by atoms with Crippen LogP contribution in [0.5, 0.6) is 11.6 Å². The van der Waals surface area contributed by atoms with Crippen LogP contribution in [0, 0.1) is 29.9 Å². The number of halogens is 3. The molecule has 8 heteroatoms. The zero-order valence-corrected chi connectivity index (χ0v) is 15.2. The van der Waals surface area contributed by atoms with E-state index >= 15 is 0 Å². The third-order valence-corrected chi connectivity index (χ3v) is 4.00. The number of pyridine rings is 1. The van der Waals surface area contributed by atoms with Gasteiger partial charge in [0, 0.05) is 5.69 Å². The summed E-state index contributed by atoms with van der Waals surface area (Å²) in [6.07, 6.45) is 0. The van der Waals surface area contributed by atoms with Crippen molar-refractivity contribution in [2.24, 2.45) is 0 Å². The van der Waals surface area contributed by atoms with Gasteiger partial charge in [0.05, 0.1) is 11.6 Å². The lowest BCUT2D eigenvalue weighted by Crippen LogP contribution is -2.14. The van der Waals surface area contributed by atoms with Crippen LogP contribution in [0.3, 0.4) is 0 Å². The number of aryl methyl sites for hydroxylation is 1. The standard InChI is InChI=1S/C20H12ClF2N3O2/c1-11-7-13(22)5-6-17(11)28-20-15(9-16(23)18(21)26-20)19(27)25-14-4-2-3-12(8-14)10-24/h2-9H,1H3,(H,25,27). The minimum absolute atomic E-state index is 0.215. The number of nitrogens with one attached hydrogen (secondary N) is 1. The van der Waals surface area contributed by atoms with E-state index in [0.717, 1.165) is 6.07 Å². The van der Waals surface area contributed by atoms with Crippen molar-refractivity contribution >= 4 is 23.2 Å². The van der Waals surface area contributed by atoms with Crippen molar-refractivity contribution in [1.29, 1.82) is 5.26 Å². The summed E-state index contributed by atoms with van der Waals surface area (Å²) in [4.78, 5) is 16.4. The van der Waals surface area contributed by atoms with Gasteiger partial charge in [-0.2, -0.15) is 10.2 Å². The van der Waals surface area contributed by atoms with E-state index in [1.807, 2.05) is 6.07 Å². The van der Waals surface area contributed by atoms with E-state index in [9.17, 15) is 13.6 Å². The molecule has 28 heavy (non-hydrogen) atoms. The van der Waals surface area contributed by atoms with Crippen molar-refractivity contribution < 1.29 is 18.3 Å². The zero-order valence-electron chi connectivity index (χ0n) is 14.5. The van der Waals surface area contributed by atoms with Gasteiger partial charge in [0.2, 0.25) is 5.88 Å². The first-order valence-electron chi connectivity index (χ1n) is 7.99. The highest BCUT2D eigenvalue weighted by molar-refractivity contribution is 6.29. The van der Waals surface area contributed by atoms with Crippen molar-refractivity contribution in [1.82, 2.24) is 4.98 Å². The number of benzene rings is 2. The molecule has 0 saturated heterocycles. The number of carbonyl (C=O) groups excluding carboxylic acids is 1. The average Bonchev–Trinajstić information content (AvgIpc) is 2.66. The van der Waals surface area contributed by atoms with Crippen LogP contribution < -0.4 is 10.1 Å². The first-order chi connectivity index (χ1) is 13.4. The summed E-state index contributed by atoms with van der Waals surface area (Å²) < 4.78 is 32.8. The molecule has 5 nitrogen and oxygen atoms in total. The molecule has 1 amide bonds. The van der Waals surface area contributed by atoms with Crippen molar-refractivity contribution in [2.45, 2.75) is 6.92 Å². The minimum atomic E-state index is -0.902. The molecule has 1 heterocycles. The summed E-state index contributed by atoms with van der Waals surface area (Å²) in [7, 11) is 0. The van der Waals surface area contributed by atoms with E-state index < -0.39 is 22.7 Å². The van der Waals surface area contributed by atoms with Gasteiger partial charge in [-0.1, -0.05) is 17.7 Å². The van der Waals surface area contributed by atoms with Crippen LogP contribution >= 0.6 is 11.6 Å². The van der Waals surface area contributed by atoms with Crippen molar-refractivity contribution in [3.8, 4) is 17.7 Å². The largest absolute Gasteiger partial charge is 0.438 e. The van der Waals surface area contributed by atoms with Crippen LogP contribution in [0.4, 0.5) is 14.5 Å². The number of ether oxygens (including phenoxy) is 1. The molecule has 0 unspecified atom stereocenters. The molecule has 0 spiro atoms. The fraction of sp³-hybridized carbons (Fsp3) is 0.0500. The number of rotatable bonds is 4. The Bertz CT molecular complexity index is 1110. The molecule has 1 aromatic heterocycles. The Morgan fingerprint density at radius 1 is 1.21 bits per heavy atom. The second-order valence-corrected chi connectivity index (χ2v) is 6.13. The van der Waals surface area contributed by atoms with Gasteiger partial charge in [0.1, 0.15) is 17.1 Å². The van der Waals surface area contributed by atoms with Gasteiger partial charge in [-0.15, -0.1) is 0 Å². The average molecular weight is 400 g/mol. The molecule has 0 aliphatic heterocycles. The Morgan fingerprint density at radius 3 is 2.71 bits per heavy atom. The summed E-state index contributed by atoms with van der Waals surface area (Å²) in [6, 6.07) is 12.8. The normalized spacial score (nSPS) is 10.2. The lowest BCUT2D eigenvalue weighted by molar-refractivity contribution is 0.102. The van der Waals surface area contributed by atoms with E-state index in [2.05, 4.69) is 10.3 Å².